The van der Waals surface area contributed by atoms with Crippen LogP contribution in [0.5, 0.6) is 0 Å². The zero-order valence-electron chi connectivity index (χ0n) is 29.8. The molecule has 7 amide bonds. The quantitative estimate of drug-likeness (QED) is 0.247. The van der Waals surface area contributed by atoms with Gasteiger partial charge in [-0.05, 0) is 46.8 Å². The lowest BCUT2D eigenvalue weighted by atomic mass is 9.80. The third-order valence-corrected chi connectivity index (χ3v) is 11.1. The highest BCUT2D eigenvalue weighted by Crippen LogP contribution is 2.65. The molecule has 0 spiro atoms. The normalized spacial score (nSPS) is 26.0. The molecule has 4 fully saturated rings. The van der Waals surface area contributed by atoms with Crippen LogP contribution in [0, 0.1) is 34.0 Å². The van der Waals surface area contributed by atoms with Gasteiger partial charge in [0.1, 0.15) is 12.1 Å². The minimum absolute atomic E-state index is 0.0808. The molecule has 0 aromatic carbocycles. The maximum Gasteiger partial charge on any atom is 0.319 e. The molecular formula is C34H57N7O6. The molecule has 4 rings (SSSR count). The fraction of sp³-hybridized carbons (Fsp3) is 0.824. The van der Waals surface area contributed by atoms with Gasteiger partial charge in [0.2, 0.25) is 17.6 Å². The Balaban J connectivity index is 1.51. The monoisotopic (exact) mass is 659 g/mol. The number of piperidine rings is 1. The molecule has 264 valence electrons. The average molecular weight is 660 g/mol. The highest BCUT2D eigenvalue weighted by atomic mass is 16.2. The molecule has 13 nitrogen and oxygen atoms in total. The highest BCUT2D eigenvalue weighted by Gasteiger charge is 2.70. The molecule has 6 atom stereocenters. The highest BCUT2D eigenvalue weighted by molar-refractivity contribution is 6.37. The predicted octanol–water partition coefficient (Wildman–Crippen LogP) is 2.08. The standard InChI is InChI=1S/C34H57N7O6/c1-32(2,3)22(18-40-15-11-14-39(9)31(40)47)37-30(46)38-26(33(4,5)6)29(45)41-17-20-23(34(20,7)8)24(41)28(44)36-21(25(42)27(35)43)16-19-12-10-13-19/h19-24,26H,10-18H2,1-9H3,(H2,35,43)(H,36,44)(H2,37,38,46)/t20-,21?,22+,23-,24-,26+/m0/s1. The topological polar surface area (TPSA) is 174 Å². The van der Waals surface area contributed by atoms with E-state index < -0.39 is 58.6 Å². The second-order valence-corrected chi connectivity index (χ2v) is 17.1. The average Bonchev–Trinajstić information content (AvgIpc) is 3.25. The number of nitrogens with zero attached hydrogens (tertiary/aromatic N) is 3. The van der Waals surface area contributed by atoms with Crippen LogP contribution in [0.1, 0.15) is 87.5 Å². The molecule has 2 heterocycles. The molecule has 13 heteroatoms. The van der Waals surface area contributed by atoms with Crippen LogP contribution in [0.15, 0.2) is 0 Å². The molecule has 47 heavy (non-hydrogen) atoms. The van der Waals surface area contributed by atoms with Crippen molar-refractivity contribution in [3.8, 4) is 0 Å². The number of hydrogen-bond acceptors (Lipinski definition) is 6. The van der Waals surface area contributed by atoms with Gasteiger partial charge in [0.15, 0.2) is 0 Å². The van der Waals surface area contributed by atoms with Crippen molar-refractivity contribution in [2.75, 3.05) is 33.2 Å². The number of Topliss-reactive ketones (excluding diaryl/α,β-unsaturated/α-hetero) is 1. The first kappa shape index (κ1) is 36.5. The van der Waals surface area contributed by atoms with Crippen LogP contribution in [-0.4, -0.2) is 108 Å². The second-order valence-electron chi connectivity index (χ2n) is 17.1. The van der Waals surface area contributed by atoms with Gasteiger partial charge < -0.3 is 36.4 Å². The summed E-state index contributed by atoms with van der Waals surface area (Å²) >= 11 is 0. The van der Waals surface area contributed by atoms with Crippen molar-refractivity contribution in [1.82, 2.24) is 30.7 Å². The number of fused-ring (bicyclic) bond motifs is 1. The van der Waals surface area contributed by atoms with Crippen molar-refractivity contribution in [2.45, 2.75) is 112 Å². The van der Waals surface area contributed by atoms with Crippen molar-refractivity contribution in [3.05, 3.63) is 0 Å². The van der Waals surface area contributed by atoms with E-state index in [-0.39, 0.29) is 35.1 Å². The molecule has 2 aliphatic carbocycles. The number of nitrogens with two attached hydrogens (primary N) is 1. The Hall–Kier alpha value is -3.38. The van der Waals surface area contributed by atoms with Crippen molar-refractivity contribution < 1.29 is 28.8 Å². The number of amides is 7. The number of ketones is 1. The van der Waals surface area contributed by atoms with Crippen LogP contribution in [0.3, 0.4) is 0 Å². The van der Waals surface area contributed by atoms with Gasteiger partial charge in [-0.15, -0.1) is 0 Å². The smallest absolute Gasteiger partial charge is 0.319 e. The number of hydrogen-bond donors (Lipinski definition) is 4. The summed E-state index contributed by atoms with van der Waals surface area (Å²) in [5.41, 5.74) is 4.06. The summed E-state index contributed by atoms with van der Waals surface area (Å²) in [6.45, 7) is 17.6. The number of rotatable bonds is 11. The minimum atomic E-state index is -1.09. The Bertz CT molecular complexity index is 1270. The molecule has 5 N–H and O–H groups in total. The first-order valence-electron chi connectivity index (χ1n) is 17.2. The molecule has 0 bridgehead atoms. The van der Waals surface area contributed by atoms with E-state index in [9.17, 15) is 28.8 Å². The van der Waals surface area contributed by atoms with E-state index >= 15 is 0 Å². The number of nitrogens with one attached hydrogen (secondary N) is 3. The molecule has 2 saturated heterocycles. The zero-order valence-corrected chi connectivity index (χ0v) is 29.8. The molecule has 2 saturated carbocycles. The lowest BCUT2D eigenvalue weighted by molar-refractivity contribution is -0.145. The first-order valence-corrected chi connectivity index (χ1v) is 17.2. The van der Waals surface area contributed by atoms with Crippen LogP contribution in [0.25, 0.3) is 0 Å². The van der Waals surface area contributed by atoms with Crippen molar-refractivity contribution in [3.63, 3.8) is 0 Å². The fourth-order valence-corrected chi connectivity index (χ4v) is 7.54. The Morgan fingerprint density at radius 2 is 1.57 bits per heavy atom. The molecule has 4 aliphatic rings. The summed E-state index contributed by atoms with van der Waals surface area (Å²) in [6.07, 6.45) is 4.07. The number of likely N-dealkylation sites (tertiary alicyclic amines) is 1. The predicted molar refractivity (Wildman–Crippen MR) is 177 cm³/mol. The Labute approximate surface area is 279 Å². The van der Waals surface area contributed by atoms with Crippen LogP contribution < -0.4 is 21.7 Å². The summed E-state index contributed by atoms with van der Waals surface area (Å²) in [4.78, 5) is 84.3. The van der Waals surface area contributed by atoms with Crippen molar-refractivity contribution in [1.29, 1.82) is 0 Å². The van der Waals surface area contributed by atoms with Gasteiger partial charge in [0, 0.05) is 33.2 Å². The summed E-state index contributed by atoms with van der Waals surface area (Å²) in [7, 11) is 1.77. The van der Waals surface area contributed by atoms with Gasteiger partial charge >= 0.3 is 12.1 Å². The Kier molecular flexibility index (Phi) is 10.3. The number of urea groups is 2. The van der Waals surface area contributed by atoms with Crippen LogP contribution >= 0.6 is 0 Å². The molecule has 0 aromatic heterocycles. The van der Waals surface area contributed by atoms with E-state index in [1.54, 1.807) is 21.7 Å². The largest absolute Gasteiger partial charge is 0.363 e. The Morgan fingerprint density at radius 3 is 2.11 bits per heavy atom. The van der Waals surface area contributed by atoms with Crippen molar-refractivity contribution >= 4 is 35.6 Å². The third kappa shape index (κ3) is 7.85. The van der Waals surface area contributed by atoms with E-state index in [0.717, 1.165) is 25.7 Å². The minimum Gasteiger partial charge on any atom is -0.363 e. The van der Waals surface area contributed by atoms with Gasteiger partial charge in [0.25, 0.3) is 5.91 Å². The van der Waals surface area contributed by atoms with Gasteiger partial charge in [-0.25, -0.2) is 9.59 Å². The Morgan fingerprint density at radius 1 is 0.936 bits per heavy atom. The lowest BCUT2D eigenvalue weighted by Crippen LogP contribution is -2.63. The van der Waals surface area contributed by atoms with Crippen LogP contribution in [0.4, 0.5) is 9.59 Å². The van der Waals surface area contributed by atoms with Gasteiger partial charge in [0.05, 0.1) is 12.1 Å². The summed E-state index contributed by atoms with van der Waals surface area (Å²) in [5, 5.41) is 8.76. The first-order chi connectivity index (χ1) is 21.6. The summed E-state index contributed by atoms with van der Waals surface area (Å²) < 4.78 is 0. The fourth-order valence-electron chi connectivity index (χ4n) is 7.54. The third-order valence-electron chi connectivity index (χ3n) is 11.1. The molecule has 2 aliphatic heterocycles. The van der Waals surface area contributed by atoms with E-state index in [2.05, 4.69) is 29.8 Å². The number of carbonyl (C=O) groups is 6. The second kappa shape index (κ2) is 13.3. The SMILES string of the molecule is CN1CCCN(C[C@@H](NC(=O)N[C@H](C(=O)N2C[C@H]3[C@@H]([C@H]2C(=O)NC(CC2CCC2)C(=O)C(N)=O)C3(C)C)C(C)(C)C)C(C)(C)C)C1=O. The molecule has 0 radical (unpaired) electrons. The number of primary amides is 1. The summed E-state index contributed by atoms with van der Waals surface area (Å²) in [6, 6.07) is -3.88. The van der Waals surface area contributed by atoms with Crippen LogP contribution in [0.2, 0.25) is 0 Å². The van der Waals surface area contributed by atoms with E-state index in [0.29, 0.717) is 32.6 Å². The maximum atomic E-state index is 14.4. The van der Waals surface area contributed by atoms with Gasteiger partial charge in [-0.3, -0.25) is 19.2 Å². The van der Waals surface area contributed by atoms with E-state index in [1.165, 1.54) is 0 Å². The van der Waals surface area contributed by atoms with E-state index in [4.69, 9.17) is 5.73 Å². The maximum absolute atomic E-state index is 14.4. The molecular weight excluding hydrogens is 602 g/mol. The van der Waals surface area contributed by atoms with Crippen molar-refractivity contribution in [2.24, 2.45) is 39.7 Å². The summed E-state index contributed by atoms with van der Waals surface area (Å²) in [5.74, 6) is -2.59. The van der Waals surface area contributed by atoms with Gasteiger partial charge in [-0.1, -0.05) is 74.7 Å². The molecule has 0 aromatic rings. The van der Waals surface area contributed by atoms with Gasteiger partial charge in [-0.2, -0.15) is 0 Å². The van der Waals surface area contributed by atoms with E-state index in [1.807, 2.05) is 41.5 Å². The number of carbonyl (C=O) groups excluding carboxylic acids is 6. The zero-order chi connectivity index (χ0) is 35.2. The molecule has 1 unspecified atom stereocenters. The van der Waals surface area contributed by atoms with Crippen LogP contribution in [-0.2, 0) is 19.2 Å². The lowest BCUT2D eigenvalue weighted by Gasteiger charge is -2.41.